The van der Waals surface area contributed by atoms with Crippen molar-refractivity contribution in [2.75, 3.05) is 19.6 Å². The van der Waals surface area contributed by atoms with Crippen LogP contribution in [0.4, 0.5) is 0 Å². The van der Waals surface area contributed by atoms with Crippen LogP contribution in [0, 0.1) is 18.8 Å². The number of nitrogens with zero attached hydrogens (tertiary/aromatic N) is 5. The van der Waals surface area contributed by atoms with E-state index in [0.29, 0.717) is 31.0 Å². The van der Waals surface area contributed by atoms with Crippen LogP contribution in [-0.2, 0) is 0 Å². The second kappa shape index (κ2) is 7.37. The largest absolute Gasteiger partial charge is 0.438 e. The molecule has 2 saturated heterocycles. The first kappa shape index (κ1) is 18.5. The maximum absolute atomic E-state index is 13.3. The standard InChI is InChI=1S/C22H21N5O3/c1-14-24-7-16(8-25-14)21(28)27-11-17-10-26(22(29)19-9-23-13-30-19)12-18(17)20(27)15-5-3-2-4-6-15/h2-9,13,17-18,20H,10-12H2,1H3/t17-,18-,20+/m0/s1. The zero-order valence-corrected chi connectivity index (χ0v) is 16.5. The molecular weight excluding hydrogens is 382 g/mol. The van der Waals surface area contributed by atoms with Gasteiger partial charge in [-0.15, -0.1) is 0 Å². The molecule has 0 saturated carbocycles. The smallest absolute Gasteiger partial charge is 0.291 e. The highest BCUT2D eigenvalue weighted by Crippen LogP contribution is 2.45. The first-order valence-electron chi connectivity index (χ1n) is 9.94. The summed E-state index contributed by atoms with van der Waals surface area (Å²) in [5, 5.41) is 0. The lowest BCUT2D eigenvalue weighted by molar-refractivity contribution is 0.0666. The average molecular weight is 403 g/mol. The van der Waals surface area contributed by atoms with Gasteiger partial charge in [0.05, 0.1) is 17.8 Å². The molecule has 2 aromatic heterocycles. The Balaban J connectivity index is 1.44. The van der Waals surface area contributed by atoms with Crippen LogP contribution in [-0.4, -0.2) is 56.2 Å². The van der Waals surface area contributed by atoms with Crippen molar-refractivity contribution in [3.05, 3.63) is 78.0 Å². The van der Waals surface area contributed by atoms with Crippen molar-refractivity contribution in [3.8, 4) is 0 Å². The van der Waals surface area contributed by atoms with Crippen molar-refractivity contribution in [1.29, 1.82) is 0 Å². The second-order valence-corrected chi connectivity index (χ2v) is 7.83. The van der Waals surface area contributed by atoms with Gasteiger partial charge in [-0.3, -0.25) is 9.59 Å². The van der Waals surface area contributed by atoms with Crippen LogP contribution < -0.4 is 0 Å². The molecule has 30 heavy (non-hydrogen) atoms. The monoisotopic (exact) mass is 403 g/mol. The summed E-state index contributed by atoms with van der Waals surface area (Å²) >= 11 is 0. The van der Waals surface area contributed by atoms with Gasteiger partial charge in [0.1, 0.15) is 5.82 Å². The van der Waals surface area contributed by atoms with Gasteiger partial charge in [0.25, 0.3) is 11.8 Å². The molecule has 3 aromatic rings. The van der Waals surface area contributed by atoms with Crippen molar-refractivity contribution in [2.45, 2.75) is 13.0 Å². The van der Waals surface area contributed by atoms with Crippen LogP contribution in [0.3, 0.4) is 0 Å². The van der Waals surface area contributed by atoms with Gasteiger partial charge in [0, 0.05) is 43.9 Å². The fourth-order valence-corrected chi connectivity index (χ4v) is 4.64. The third-order valence-corrected chi connectivity index (χ3v) is 6.02. The van der Waals surface area contributed by atoms with E-state index >= 15 is 0 Å². The minimum absolute atomic E-state index is 0.0774. The SMILES string of the molecule is Cc1ncc(C(=O)N2C[C@@H]3CN(C(=O)c4cnco4)C[C@@H]3[C@H]2c2ccccc2)cn1. The minimum Gasteiger partial charge on any atom is -0.438 e. The summed E-state index contributed by atoms with van der Waals surface area (Å²) in [5.74, 6) is 0.985. The first-order chi connectivity index (χ1) is 14.6. The number of hydrogen-bond donors (Lipinski definition) is 0. The van der Waals surface area contributed by atoms with Gasteiger partial charge in [-0.05, 0) is 12.5 Å². The predicted octanol–water partition coefficient (Wildman–Crippen LogP) is 2.36. The molecule has 0 radical (unpaired) electrons. The maximum atomic E-state index is 13.3. The Morgan fingerprint density at radius 3 is 2.47 bits per heavy atom. The van der Waals surface area contributed by atoms with Crippen LogP contribution in [0.2, 0.25) is 0 Å². The number of oxazole rings is 1. The topological polar surface area (TPSA) is 92.4 Å². The molecule has 2 aliphatic heterocycles. The number of aryl methyl sites for hydroxylation is 1. The molecule has 8 nitrogen and oxygen atoms in total. The highest BCUT2D eigenvalue weighted by atomic mass is 16.3. The van der Waals surface area contributed by atoms with E-state index < -0.39 is 0 Å². The minimum atomic E-state index is -0.154. The number of carbonyl (C=O) groups excluding carboxylic acids is 2. The van der Waals surface area contributed by atoms with Gasteiger partial charge in [-0.1, -0.05) is 30.3 Å². The van der Waals surface area contributed by atoms with E-state index in [4.69, 9.17) is 4.42 Å². The molecule has 2 amide bonds. The Labute approximate surface area is 173 Å². The average Bonchev–Trinajstić information content (AvgIpc) is 3.50. The fourth-order valence-electron chi connectivity index (χ4n) is 4.64. The third-order valence-electron chi connectivity index (χ3n) is 6.02. The highest BCUT2D eigenvalue weighted by Gasteiger charge is 2.50. The Bertz CT molecular complexity index is 1050. The lowest BCUT2D eigenvalue weighted by Crippen LogP contribution is -2.37. The van der Waals surface area contributed by atoms with E-state index in [2.05, 4.69) is 15.0 Å². The van der Waals surface area contributed by atoms with Crippen LogP contribution in [0.15, 0.2) is 59.7 Å². The molecule has 0 unspecified atom stereocenters. The van der Waals surface area contributed by atoms with Crippen molar-refractivity contribution in [1.82, 2.24) is 24.8 Å². The van der Waals surface area contributed by atoms with Crippen molar-refractivity contribution in [3.63, 3.8) is 0 Å². The summed E-state index contributed by atoms with van der Waals surface area (Å²) in [5.41, 5.74) is 1.55. The number of hydrogen-bond acceptors (Lipinski definition) is 6. The third kappa shape index (κ3) is 3.14. The van der Waals surface area contributed by atoms with E-state index in [1.807, 2.05) is 40.1 Å². The number of carbonyl (C=O) groups is 2. The van der Waals surface area contributed by atoms with E-state index in [-0.39, 0.29) is 35.5 Å². The predicted molar refractivity (Wildman–Crippen MR) is 106 cm³/mol. The summed E-state index contributed by atoms with van der Waals surface area (Å²) in [6.45, 7) is 3.53. The number of amides is 2. The molecule has 0 spiro atoms. The van der Waals surface area contributed by atoms with Gasteiger partial charge < -0.3 is 14.2 Å². The molecule has 0 bridgehead atoms. The van der Waals surface area contributed by atoms with E-state index in [0.717, 1.165) is 5.56 Å². The Morgan fingerprint density at radius 2 is 1.77 bits per heavy atom. The van der Waals surface area contributed by atoms with Gasteiger partial charge in [0.2, 0.25) is 5.76 Å². The van der Waals surface area contributed by atoms with Crippen molar-refractivity contribution in [2.24, 2.45) is 11.8 Å². The Morgan fingerprint density at radius 1 is 1.00 bits per heavy atom. The van der Waals surface area contributed by atoms with Crippen molar-refractivity contribution < 1.29 is 14.0 Å². The summed E-state index contributed by atoms with van der Waals surface area (Å²) < 4.78 is 5.19. The number of fused-ring (bicyclic) bond motifs is 1. The summed E-state index contributed by atoms with van der Waals surface area (Å²) in [7, 11) is 0. The Kier molecular flexibility index (Phi) is 4.54. The number of benzene rings is 1. The first-order valence-corrected chi connectivity index (χ1v) is 9.94. The zero-order valence-electron chi connectivity index (χ0n) is 16.5. The lowest BCUT2D eigenvalue weighted by Gasteiger charge is -2.29. The molecule has 2 fully saturated rings. The summed E-state index contributed by atoms with van der Waals surface area (Å²) in [6, 6.07) is 9.89. The van der Waals surface area contributed by atoms with Gasteiger partial charge in [-0.25, -0.2) is 15.0 Å². The van der Waals surface area contributed by atoms with Crippen LogP contribution in [0.5, 0.6) is 0 Å². The maximum Gasteiger partial charge on any atom is 0.291 e. The number of aromatic nitrogens is 3. The fraction of sp³-hybridized carbons (Fsp3) is 0.318. The lowest BCUT2D eigenvalue weighted by atomic mass is 9.89. The Hall–Kier alpha value is -3.55. The molecule has 2 aliphatic rings. The molecule has 152 valence electrons. The number of rotatable bonds is 3. The zero-order chi connectivity index (χ0) is 20.7. The second-order valence-electron chi connectivity index (χ2n) is 7.83. The van der Waals surface area contributed by atoms with Gasteiger partial charge in [-0.2, -0.15) is 0 Å². The highest BCUT2D eigenvalue weighted by molar-refractivity contribution is 5.94. The molecule has 3 atom stereocenters. The molecule has 0 aliphatic carbocycles. The van der Waals surface area contributed by atoms with E-state index in [1.165, 1.54) is 12.6 Å². The van der Waals surface area contributed by atoms with Gasteiger partial charge >= 0.3 is 0 Å². The molecule has 4 heterocycles. The van der Waals surface area contributed by atoms with Crippen molar-refractivity contribution >= 4 is 11.8 Å². The van der Waals surface area contributed by atoms with E-state index in [1.54, 1.807) is 19.3 Å². The summed E-state index contributed by atoms with van der Waals surface area (Å²) in [6.07, 6.45) is 5.88. The van der Waals surface area contributed by atoms with E-state index in [9.17, 15) is 9.59 Å². The normalized spacial score (nSPS) is 22.9. The molecule has 5 rings (SSSR count). The quantitative estimate of drug-likeness (QED) is 0.667. The summed E-state index contributed by atoms with van der Waals surface area (Å²) in [4.78, 5) is 42.0. The van der Waals surface area contributed by atoms with Crippen LogP contribution in [0.25, 0.3) is 0 Å². The molecule has 0 N–H and O–H groups in total. The molecule has 1 aromatic carbocycles. The van der Waals surface area contributed by atoms with Crippen LogP contribution >= 0.6 is 0 Å². The number of likely N-dealkylation sites (tertiary alicyclic amines) is 2. The molecular formula is C22H21N5O3. The van der Waals surface area contributed by atoms with Gasteiger partial charge in [0.15, 0.2) is 6.39 Å². The van der Waals surface area contributed by atoms with Crippen LogP contribution in [0.1, 0.15) is 38.3 Å². The molecule has 8 heteroatoms.